The number of H-pyrrole nitrogens is 4. The van der Waals surface area contributed by atoms with Crippen molar-refractivity contribution in [2.45, 2.75) is 158 Å². The van der Waals surface area contributed by atoms with Gasteiger partial charge in [0.05, 0.1) is 49.7 Å². The lowest BCUT2D eigenvalue weighted by atomic mass is 9.76. The summed E-state index contributed by atoms with van der Waals surface area (Å²) in [5.74, 6) is -8.56. The molecule has 0 unspecified atom stereocenters. The Balaban J connectivity index is 0.000000119. The number of hydrogen-bond donors (Lipinski definition) is 4. The zero-order valence-electron chi connectivity index (χ0n) is 69.7. The van der Waals surface area contributed by atoms with Gasteiger partial charge in [0.2, 0.25) is 0 Å². The van der Waals surface area contributed by atoms with Crippen LogP contribution in [0.2, 0.25) is 0 Å². The van der Waals surface area contributed by atoms with E-state index < -0.39 is 70.4 Å². The van der Waals surface area contributed by atoms with E-state index >= 15 is 0 Å². The molecule has 127 heavy (non-hydrogen) atoms. The van der Waals surface area contributed by atoms with Crippen molar-refractivity contribution < 1.29 is 80.4 Å². The van der Waals surface area contributed by atoms with Gasteiger partial charge in [-0.25, -0.2) is 81.4 Å². The Hall–Kier alpha value is -11.9. The highest BCUT2D eigenvalue weighted by atomic mass is 19.2. The summed E-state index contributed by atoms with van der Waals surface area (Å²) in [4.78, 5) is 46.6. The topological polar surface area (TPSA) is 203 Å². The molecule has 4 atom stereocenters. The first-order chi connectivity index (χ1) is 61.4. The standard InChI is InChI=1S/C25H24F3N3O.2C24H21F4N3O.C24H22F3N3O/c1-13-22(28)19(27)12-21-23(13)31-25(30-21)24(32-2)15-5-3-14(4-6-15)17-9-10-29-20-8-7-16(26)11-18(17)20;1-32-23(24-30-21-18(27)11-17(26)20(28)22(21)31-24)13-4-2-12(3-5-13)15-8-9-29-19-7-6-14(25)10-16(15)19;1-32-23(24-30-19-11-17(26)20(27)21(28)22(19)31-24)13-4-2-12(3-5-13)15-8-9-29-18-7-6-14(25)10-16(15)18;1-31-23(24-29-21-11-18(26)19(27)12-22(21)30-24)14-4-2-13(3-5-14)16-8-9-28-20-7-6-15(25)10-17(16)20/h7-12,14-15,24H,3-6H2,1-2H3,(H,30,31);2*6-13,23H,2-5H2,1H3,(H,30,31);6-14,23H,2-5H2,1H3,(H,29,30)/t14?,15?,24-;2*12?,13?,23-;13?,14?,23-/m1111/s1. The monoisotopic (exact) mass is 1750 g/mol. The maximum atomic E-state index is 14.1. The highest BCUT2D eigenvalue weighted by Crippen LogP contribution is 2.49. The maximum Gasteiger partial charge on any atom is 0.196 e. The fraction of sp³-hybridized carbons (Fsp3) is 0.340. The number of rotatable bonds is 16. The van der Waals surface area contributed by atoms with Crippen LogP contribution in [0.1, 0.15) is 202 Å². The number of aromatic amines is 4. The molecular formula is C97H88F14N12O4. The van der Waals surface area contributed by atoms with Crippen LogP contribution in [-0.2, 0) is 18.9 Å². The molecule has 0 aliphatic heterocycles. The zero-order valence-corrected chi connectivity index (χ0v) is 69.7. The van der Waals surface area contributed by atoms with Gasteiger partial charge in [0.25, 0.3) is 0 Å². The number of fused-ring (bicyclic) bond motifs is 8. The molecular weight excluding hydrogens is 1660 g/mol. The van der Waals surface area contributed by atoms with Crippen LogP contribution in [0.4, 0.5) is 61.5 Å². The van der Waals surface area contributed by atoms with Crippen LogP contribution in [0.25, 0.3) is 87.7 Å². The van der Waals surface area contributed by atoms with E-state index in [1.54, 1.807) is 82.5 Å². The first-order valence-corrected chi connectivity index (χ1v) is 42.4. The van der Waals surface area contributed by atoms with Crippen molar-refractivity contribution in [3.8, 4) is 0 Å². The summed E-state index contributed by atoms with van der Waals surface area (Å²) in [5, 5.41) is 3.40. The summed E-state index contributed by atoms with van der Waals surface area (Å²) in [6, 6.07) is 31.3. The second-order valence-corrected chi connectivity index (χ2v) is 33.5. The van der Waals surface area contributed by atoms with Gasteiger partial charge in [0, 0.05) is 111 Å². The minimum atomic E-state index is -1.54. The number of benzene rings is 8. The second kappa shape index (κ2) is 37.2. The number of ether oxygens (including phenoxy) is 4. The van der Waals surface area contributed by atoms with E-state index in [9.17, 15) is 61.5 Å². The predicted molar refractivity (Wildman–Crippen MR) is 453 cm³/mol. The molecule has 16 aromatic rings. The molecule has 0 amide bonds. The molecule has 4 aliphatic rings. The van der Waals surface area contributed by atoms with Crippen molar-refractivity contribution in [1.29, 1.82) is 0 Å². The van der Waals surface area contributed by atoms with E-state index in [-0.39, 0.29) is 104 Å². The van der Waals surface area contributed by atoms with Crippen LogP contribution in [0.15, 0.2) is 152 Å². The van der Waals surface area contributed by atoms with Crippen LogP contribution < -0.4 is 0 Å². The Morgan fingerprint density at radius 3 is 0.961 bits per heavy atom. The number of pyridine rings is 4. The molecule has 0 bridgehead atoms. The van der Waals surface area contributed by atoms with Crippen LogP contribution in [0.3, 0.4) is 0 Å². The van der Waals surface area contributed by atoms with Crippen molar-refractivity contribution in [2.75, 3.05) is 28.4 Å². The molecule has 8 aromatic heterocycles. The third-order valence-electron chi connectivity index (χ3n) is 26.3. The zero-order chi connectivity index (χ0) is 88.7. The van der Waals surface area contributed by atoms with Crippen LogP contribution in [0.5, 0.6) is 0 Å². The third-order valence-corrected chi connectivity index (χ3v) is 26.3. The Bertz CT molecular complexity index is 6490. The molecule has 4 fully saturated rings. The van der Waals surface area contributed by atoms with E-state index in [1.165, 1.54) is 50.4 Å². The molecule has 4 saturated carbocycles. The SMILES string of the molecule is CO[C@@H](c1nc2c(C)c(F)c(F)cc2[nH]1)C1CCC(c2ccnc3ccc(F)cc23)CC1.CO[C@@H](c1nc2c(F)c(F)c(F)cc2[nH]1)C1CCC(c2ccnc3ccc(F)cc23)CC1.CO[C@@H](c1nc2c(F)cc(F)c(F)c2[nH]1)C1CCC(c2ccnc3ccc(F)cc23)CC1.CO[C@@H](c1nc2cc(F)c(F)cc2[nH]1)C1CCC(c2ccnc3ccc(F)cc23)CC1. The molecule has 4 N–H and O–H groups in total. The van der Waals surface area contributed by atoms with E-state index in [1.807, 2.05) is 24.3 Å². The van der Waals surface area contributed by atoms with Gasteiger partial charge in [-0.2, -0.15) is 0 Å². The van der Waals surface area contributed by atoms with Gasteiger partial charge in [-0.15, -0.1) is 0 Å². The highest BCUT2D eigenvalue weighted by Gasteiger charge is 2.38. The molecule has 20 rings (SSSR count). The summed E-state index contributed by atoms with van der Waals surface area (Å²) in [7, 11) is 6.33. The Kier molecular flexibility index (Phi) is 25.6. The molecule has 0 radical (unpaired) electrons. The summed E-state index contributed by atoms with van der Waals surface area (Å²) in [6.07, 6.45) is 19.5. The van der Waals surface area contributed by atoms with Crippen molar-refractivity contribution in [1.82, 2.24) is 59.8 Å². The maximum absolute atomic E-state index is 14.1. The largest absolute Gasteiger partial charge is 0.373 e. The van der Waals surface area contributed by atoms with Crippen molar-refractivity contribution >= 4 is 87.7 Å². The van der Waals surface area contributed by atoms with E-state index in [4.69, 9.17) is 18.9 Å². The minimum absolute atomic E-state index is 0.0672. The van der Waals surface area contributed by atoms with Crippen molar-refractivity contribution in [2.24, 2.45) is 23.7 Å². The quantitative estimate of drug-likeness (QED) is 0.0405. The van der Waals surface area contributed by atoms with Gasteiger partial charge in [-0.1, -0.05) is 0 Å². The summed E-state index contributed by atoms with van der Waals surface area (Å²) in [6.45, 7) is 1.53. The van der Waals surface area contributed by atoms with E-state index in [0.29, 0.717) is 57.4 Å². The lowest BCUT2D eigenvalue weighted by Gasteiger charge is -2.33. The van der Waals surface area contributed by atoms with Gasteiger partial charge in [0.1, 0.15) is 87.5 Å². The number of nitrogens with one attached hydrogen (secondary N) is 4. The van der Waals surface area contributed by atoms with Crippen molar-refractivity contribution in [3.63, 3.8) is 0 Å². The Morgan fingerprint density at radius 1 is 0.276 bits per heavy atom. The molecule has 30 heteroatoms. The molecule has 0 saturated heterocycles. The Labute approximate surface area is 719 Å². The Morgan fingerprint density at radius 2 is 0.583 bits per heavy atom. The first-order valence-electron chi connectivity index (χ1n) is 42.4. The fourth-order valence-electron chi connectivity index (χ4n) is 20.0. The van der Waals surface area contributed by atoms with Gasteiger partial charge in [-0.3, -0.25) is 19.9 Å². The lowest BCUT2D eigenvalue weighted by Crippen LogP contribution is -2.22. The van der Waals surface area contributed by atoms with E-state index in [2.05, 4.69) is 59.8 Å². The van der Waals surface area contributed by atoms with Crippen molar-refractivity contribution in [3.05, 3.63) is 285 Å². The van der Waals surface area contributed by atoms with Crippen LogP contribution in [-0.4, -0.2) is 88.2 Å². The number of methoxy groups -OCH3 is 4. The molecule has 16 nitrogen and oxygen atoms in total. The smallest absolute Gasteiger partial charge is 0.196 e. The molecule has 8 heterocycles. The molecule has 0 spiro atoms. The fourth-order valence-corrected chi connectivity index (χ4v) is 20.0. The molecule has 658 valence electrons. The van der Waals surface area contributed by atoms with Gasteiger partial charge < -0.3 is 38.9 Å². The number of halogens is 14. The number of aryl methyl sites for hydroxylation is 1. The molecule has 8 aromatic carbocycles. The summed E-state index contributed by atoms with van der Waals surface area (Å²) in [5.41, 5.74) is 8.82. The number of aromatic nitrogens is 12. The predicted octanol–water partition coefficient (Wildman–Crippen LogP) is 25.3. The average molecular weight is 1750 g/mol. The van der Waals surface area contributed by atoms with Crippen LogP contribution in [0, 0.1) is 112 Å². The van der Waals surface area contributed by atoms with E-state index in [0.717, 1.165) is 193 Å². The highest BCUT2D eigenvalue weighted by molar-refractivity contribution is 5.86. The van der Waals surface area contributed by atoms with Crippen LogP contribution >= 0.6 is 0 Å². The first kappa shape index (κ1) is 87.2. The number of hydrogen-bond acceptors (Lipinski definition) is 12. The average Bonchev–Trinajstić information content (AvgIpc) is 1.60. The lowest BCUT2D eigenvalue weighted by molar-refractivity contribution is 0.0273. The summed E-state index contributed by atoms with van der Waals surface area (Å²) < 4.78 is 216. The summed E-state index contributed by atoms with van der Waals surface area (Å²) >= 11 is 0. The third kappa shape index (κ3) is 17.8. The normalized spacial score (nSPS) is 20.2. The number of imidazole rings is 4. The number of nitrogens with zero attached hydrogens (tertiary/aromatic N) is 8. The van der Waals surface area contributed by atoms with Gasteiger partial charge in [-0.05, 0) is 276 Å². The van der Waals surface area contributed by atoms with Gasteiger partial charge >= 0.3 is 0 Å². The molecule has 4 aliphatic carbocycles. The second-order valence-electron chi connectivity index (χ2n) is 33.5. The van der Waals surface area contributed by atoms with Gasteiger partial charge in [0.15, 0.2) is 58.2 Å². The minimum Gasteiger partial charge on any atom is -0.373 e.